The van der Waals surface area contributed by atoms with Crippen LogP contribution in [0.3, 0.4) is 0 Å². The van der Waals surface area contributed by atoms with Crippen molar-refractivity contribution < 1.29 is 19.1 Å². The van der Waals surface area contributed by atoms with E-state index in [9.17, 15) is 9.59 Å². The van der Waals surface area contributed by atoms with Crippen LogP contribution in [0.1, 0.15) is 30.0 Å². The fourth-order valence-electron chi connectivity index (χ4n) is 2.26. The van der Waals surface area contributed by atoms with E-state index in [0.717, 1.165) is 11.1 Å². The van der Waals surface area contributed by atoms with E-state index in [1.54, 1.807) is 37.3 Å². The molecule has 0 radical (unpaired) electrons. The first-order chi connectivity index (χ1) is 12.0. The van der Waals surface area contributed by atoms with E-state index in [-0.39, 0.29) is 17.6 Å². The predicted octanol–water partition coefficient (Wildman–Crippen LogP) is 3.65. The number of carbonyl (C=O) groups excluding carboxylic acids is 2. The average Bonchev–Trinajstić information content (AvgIpc) is 2.96. The maximum absolute atomic E-state index is 12.0. The van der Waals surface area contributed by atoms with Crippen LogP contribution >= 0.6 is 0 Å². The standard InChI is InChI=1S/C20H17NO4/c1-3-18(22)24-16-6-4-5-14(11-16)12-17-20(23)25-19(21-17)15-9-7-13(2)8-10-15/h4-12H,3H2,1-2H3/b17-12-. The molecular weight excluding hydrogens is 318 g/mol. The number of nitrogens with zero attached hydrogens (tertiary/aromatic N) is 1. The number of cyclic esters (lactones) is 1. The van der Waals surface area contributed by atoms with Crippen molar-refractivity contribution in [3.63, 3.8) is 0 Å². The number of hydrogen-bond donors (Lipinski definition) is 0. The minimum Gasteiger partial charge on any atom is -0.427 e. The van der Waals surface area contributed by atoms with E-state index < -0.39 is 5.97 Å². The lowest BCUT2D eigenvalue weighted by Gasteiger charge is -2.03. The molecule has 0 saturated carbocycles. The molecule has 5 heteroatoms. The van der Waals surface area contributed by atoms with Crippen LogP contribution < -0.4 is 4.74 Å². The Morgan fingerprint density at radius 3 is 2.68 bits per heavy atom. The van der Waals surface area contributed by atoms with Gasteiger partial charge in [0.25, 0.3) is 0 Å². The van der Waals surface area contributed by atoms with Gasteiger partial charge in [-0.25, -0.2) is 9.79 Å². The third-order valence-electron chi connectivity index (χ3n) is 3.60. The fourth-order valence-corrected chi connectivity index (χ4v) is 2.26. The highest BCUT2D eigenvalue weighted by atomic mass is 16.6. The zero-order chi connectivity index (χ0) is 17.8. The molecule has 0 aromatic heterocycles. The van der Waals surface area contributed by atoms with Crippen LogP contribution in [0.2, 0.25) is 0 Å². The van der Waals surface area contributed by atoms with Crippen molar-refractivity contribution in [3.05, 3.63) is 70.9 Å². The summed E-state index contributed by atoms with van der Waals surface area (Å²) in [5.41, 5.74) is 2.76. The molecule has 0 fully saturated rings. The van der Waals surface area contributed by atoms with Gasteiger partial charge in [-0.15, -0.1) is 0 Å². The Morgan fingerprint density at radius 1 is 1.20 bits per heavy atom. The van der Waals surface area contributed by atoms with E-state index in [2.05, 4.69) is 4.99 Å². The van der Waals surface area contributed by atoms with E-state index in [1.807, 2.05) is 31.2 Å². The maximum atomic E-state index is 12.0. The highest BCUT2D eigenvalue weighted by molar-refractivity contribution is 6.12. The molecule has 0 bridgehead atoms. The third kappa shape index (κ3) is 4.01. The normalized spacial score (nSPS) is 15.0. The predicted molar refractivity (Wildman–Crippen MR) is 94.2 cm³/mol. The molecule has 0 unspecified atom stereocenters. The first-order valence-corrected chi connectivity index (χ1v) is 7.95. The molecule has 0 saturated heterocycles. The van der Waals surface area contributed by atoms with Crippen LogP contribution in [0, 0.1) is 6.92 Å². The minimum atomic E-state index is -0.508. The second kappa shape index (κ2) is 7.13. The van der Waals surface area contributed by atoms with Crippen molar-refractivity contribution >= 4 is 23.9 Å². The van der Waals surface area contributed by atoms with Gasteiger partial charge >= 0.3 is 11.9 Å². The molecule has 25 heavy (non-hydrogen) atoms. The number of hydrogen-bond acceptors (Lipinski definition) is 5. The number of benzene rings is 2. The molecule has 2 aromatic rings. The molecule has 126 valence electrons. The Bertz CT molecular complexity index is 879. The van der Waals surface area contributed by atoms with Crippen LogP contribution in [-0.4, -0.2) is 17.8 Å². The highest BCUT2D eigenvalue weighted by Crippen LogP contribution is 2.21. The molecule has 0 N–H and O–H groups in total. The minimum absolute atomic E-state index is 0.203. The molecule has 0 amide bonds. The number of esters is 2. The van der Waals surface area contributed by atoms with Gasteiger partial charge < -0.3 is 9.47 Å². The van der Waals surface area contributed by atoms with Gasteiger partial charge in [0.1, 0.15) is 5.75 Å². The van der Waals surface area contributed by atoms with Crippen molar-refractivity contribution in [2.24, 2.45) is 4.99 Å². The van der Waals surface area contributed by atoms with Gasteiger partial charge in [-0.05, 0) is 42.8 Å². The van der Waals surface area contributed by atoms with Crippen molar-refractivity contribution in [2.75, 3.05) is 0 Å². The summed E-state index contributed by atoms with van der Waals surface area (Å²) in [5, 5.41) is 0. The molecule has 0 spiro atoms. The number of aliphatic imine (C=N–C) groups is 1. The van der Waals surface area contributed by atoms with Crippen LogP contribution in [-0.2, 0) is 14.3 Å². The zero-order valence-electron chi connectivity index (χ0n) is 14.0. The Hall–Kier alpha value is -3.21. The fraction of sp³-hybridized carbons (Fsp3) is 0.150. The van der Waals surface area contributed by atoms with Crippen molar-refractivity contribution in [3.8, 4) is 5.75 Å². The second-order valence-corrected chi connectivity index (χ2v) is 5.60. The Morgan fingerprint density at radius 2 is 1.96 bits per heavy atom. The summed E-state index contributed by atoms with van der Waals surface area (Å²) in [6.45, 7) is 3.71. The molecule has 0 atom stereocenters. The summed E-state index contributed by atoms with van der Waals surface area (Å²) < 4.78 is 10.4. The molecular formula is C20H17NO4. The number of aryl methyl sites for hydroxylation is 1. The molecule has 3 rings (SSSR count). The van der Waals surface area contributed by atoms with Crippen molar-refractivity contribution in [2.45, 2.75) is 20.3 Å². The number of ether oxygens (including phenoxy) is 2. The third-order valence-corrected chi connectivity index (χ3v) is 3.60. The molecule has 0 aliphatic carbocycles. The van der Waals surface area contributed by atoms with Gasteiger partial charge in [0.05, 0.1) is 0 Å². The SMILES string of the molecule is CCC(=O)Oc1cccc(/C=C2\N=C(c3ccc(C)cc3)OC2=O)c1. The van der Waals surface area contributed by atoms with Crippen LogP contribution in [0.25, 0.3) is 6.08 Å². The van der Waals surface area contributed by atoms with Gasteiger partial charge in [0.2, 0.25) is 5.90 Å². The topological polar surface area (TPSA) is 65.0 Å². The summed E-state index contributed by atoms with van der Waals surface area (Å²) >= 11 is 0. The lowest BCUT2D eigenvalue weighted by Crippen LogP contribution is -2.05. The van der Waals surface area contributed by atoms with E-state index in [0.29, 0.717) is 17.7 Å². The maximum Gasteiger partial charge on any atom is 0.363 e. The van der Waals surface area contributed by atoms with Gasteiger partial charge in [-0.2, -0.15) is 0 Å². The summed E-state index contributed by atoms with van der Waals surface area (Å²) in [6, 6.07) is 14.5. The van der Waals surface area contributed by atoms with E-state index in [1.165, 1.54) is 0 Å². The lowest BCUT2D eigenvalue weighted by atomic mass is 10.1. The first kappa shape index (κ1) is 16.6. The summed E-state index contributed by atoms with van der Waals surface area (Å²) in [4.78, 5) is 27.7. The van der Waals surface area contributed by atoms with Crippen molar-refractivity contribution in [1.82, 2.24) is 0 Å². The second-order valence-electron chi connectivity index (χ2n) is 5.60. The summed E-state index contributed by atoms with van der Waals surface area (Å²) in [7, 11) is 0. The summed E-state index contributed by atoms with van der Waals surface area (Å²) in [5.74, 6) is -0.114. The molecule has 1 aliphatic heterocycles. The summed E-state index contributed by atoms with van der Waals surface area (Å²) in [6.07, 6.45) is 1.90. The smallest absolute Gasteiger partial charge is 0.363 e. The molecule has 1 heterocycles. The molecule has 5 nitrogen and oxygen atoms in total. The molecule has 1 aliphatic rings. The lowest BCUT2D eigenvalue weighted by molar-refractivity contribution is -0.134. The van der Waals surface area contributed by atoms with Gasteiger partial charge in [-0.3, -0.25) is 4.79 Å². The number of rotatable bonds is 4. The average molecular weight is 335 g/mol. The Labute approximate surface area is 145 Å². The largest absolute Gasteiger partial charge is 0.427 e. The first-order valence-electron chi connectivity index (χ1n) is 7.95. The van der Waals surface area contributed by atoms with E-state index >= 15 is 0 Å². The Kier molecular flexibility index (Phi) is 4.75. The quantitative estimate of drug-likeness (QED) is 0.486. The van der Waals surface area contributed by atoms with Crippen LogP contribution in [0.4, 0.5) is 0 Å². The van der Waals surface area contributed by atoms with E-state index in [4.69, 9.17) is 9.47 Å². The number of carbonyl (C=O) groups is 2. The van der Waals surface area contributed by atoms with Crippen LogP contribution in [0.15, 0.2) is 59.2 Å². The van der Waals surface area contributed by atoms with Gasteiger partial charge in [-0.1, -0.05) is 36.8 Å². The van der Waals surface area contributed by atoms with Gasteiger partial charge in [0, 0.05) is 12.0 Å². The molecule has 2 aromatic carbocycles. The zero-order valence-corrected chi connectivity index (χ0v) is 14.0. The van der Waals surface area contributed by atoms with Crippen LogP contribution in [0.5, 0.6) is 5.75 Å². The Balaban J connectivity index is 1.85. The van der Waals surface area contributed by atoms with Gasteiger partial charge in [0.15, 0.2) is 5.70 Å². The van der Waals surface area contributed by atoms with Crippen molar-refractivity contribution in [1.29, 1.82) is 0 Å². The highest BCUT2D eigenvalue weighted by Gasteiger charge is 2.24. The monoisotopic (exact) mass is 335 g/mol.